The fourth-order valence-electron chi connectivity index (χ4n) is 1.79. The van der Waals surface area contributed by atoms with Crippen LogP contribution in [0, 0.1) is 12.7 Å². The van der Waals surface area contributed by atoms with Crippen molar-refractivity contribution in [2.24, 2.45) is 0 Å². The lowest BCUT2D eigenvalue weighted by molar-refractivity contribution is 0.0947. The van der Waals surface area contributed by atoms with Crippen molar-refractivity contribution in [3.63, 3.8) is 0 Å². The van der Waals surface area contributed by atoms with E-state index in [1.165, 1.54) is 10.9 Å². The molecule has 0 aliphatic heterocycles. The summed E-state index contributed by atoms with van der Waals surface area (Å²) in [5, 5.41) is 2.75. The van der Waals surface area contributed by atoms with Gasteiger partial charge in [-0.25, -0.2) is 4.39 Å². The highest BCUT2D eigenvalue weighted by atomic mass is 32.1. The SMILES string of the molecule is CCc1ccc(CNC(=O)c2cccc(C)c2F)s1. The summed E-state index contributed by atoms with van der Waals surface area (Å²) in [5.74, 6) is -0.812. The minimum absolute atomic E-state index is 0.104. The lowest BCUT2D eigenvalue weighted by atomic mass is 10.1. The topological polar surface area (TPSA) is 29.1 Å². The van der Waals surface area contributed by atoms with Gasteiger partial charge in [-0.3, -0.25) is 4.79 Å². The van der Waals surface area contributed by atoms with Gasteiger partial charge in [0.15, 0.2) is 0 Å². The molecule has 1 heterocycles. The predicted molar refractivity (Wildman–Crippen MR) is 76.0 cm³/mol. The van der Waals surface area contributed by atoms with Gasteiger partial charge >= 0.3 is 0 Å². The first-order valence-corrected chi connectivity index (χ1v) is 7.04. The Labute approximate surface area is 116 Å². The van der Waals surface area contributed by atoms with Crippen LogP contribution in [-0.4, -0.2) is 5.91 Å². The summed E-state index contributed by atoms with van der Waals surface area (Å²) in [6.07, 6.45) is 0.991. The maximum Gasteiger partial charge on any atom is 0.254 e. The van der Waals surface area contributed by atoms with Crippen LogP contribution in [0.15, 0.2) is 30.3 Å². The predicted octanol–water partition coefficient (Wildman–Crippen LogP) is 3.69. The molecular formula is C15H16FNOS. The Hall–Kier alpha value is -1.68. The van der Waals surface area contributed by atoms with Crippen LogP contribution < -0.4 is 5.32 Å². The van der Waals surface area contributed by atoms with E-state index in [-0.39, 0.29) is 11.5 Å². The van der Waals surface area contributed by atoms with Crippen molar-refractivity contribution in [2.75, 3.05) is 0 Å². The Morgan fingerprint density at radius 2 is 2.00 bits per heavy atom. The van der Waals surface area contributed by atoms with Gasteiger partial charge in [0.05, 0.1) is 12.1 Å². The molecule has 0 saturated carbocycles. The Bertz CT molecular complexity index is 592. The molecule has 4 heteroatoms. The molecule has 2 rings (SSSR count). The number of thiophene rings is 1. The molecule has 0 saturated heterocycles. The zero-order chi connectivity index (χ0) is 13.8. The zero-order valence-corrected chi connectivity index (χ0v) is 11.8. The van der Waals surface area contributed by atoms with Gasteiger partial charge in [-0.1, -0.05) is 19.1 Å². The van der Waals surface area contributed by atoms with Crippen LogP contribution in [-0.2, 0) is 13.0 Å². The Balaban J connectivity index is 2.03. The third-order valence-electron chi connectivity index (χ3n) is 2.93. The number of hydrogen-bond acceptors (Lipinski definition) is 2. The molecule has 1 amide bonds. The molecule has 100 valence electrons. The van der Waals surface area contributed by atoms with Crippen molar-refractivity contribution in [1.82, 2.24) is 5.32 Å². The van der Waals surface area contributed by atoms with E-state index in [9.17, 15) is 9.18 Å². The second kappa shape index (κ2) is 5.97. The maximum absolute atomic E-state index is 13.8. The van der Waals surface area contributed by atoms with Crippen molar-refractivity contribution in [2.45, 2.75) is 26.8 Å². The molecule has 0 bridgehead atoms. The molecule has 0 atom stereocenters. The van der Waals surface area contributed by atoms with E-state index in [1.807, 2.05) is 6.07 Å². The zero-order valence-electron chi connectivity index (χ0n) is 11.0. The first-order valence-electron chi connectivity index (χ1n) is 6.22. The second-order valence-corrected chi connectivity index (χ2v) is 5.59. The van der Waals surface area contributed by atoms with Gasteiger partial charge in [-0.15, -0.1) is 11.3 Å². The molecule has 0 spiro atoms. The van der Waals surface area contributed by atoms with Crippen molar-refractivity contribution in [3.05, 3.63) is 57.0 Å². The Morgan fingerprint density at radius 3 is 2.68 bits per heavy atom. The average Bonchev–Trinajstić information content (AvgIpc) is 2.87. The molecule has 1 aromatic heterocycles. The summed E-state index contributed by atoms with van der Waals surface area (Å²) >= 11 is 1.67. The number of benzene rings is 1. The average molecular weight is 277 g/mol. The molecule has 2 aromatic rings. The lowest BCUT2D eigenvalue weighted by Gasteiger charge is -2.06. The summed E-state index contributed by atoms with van der Waals surface area (Å²) in [4.78, 5) is 14.3. The lowest BCUT2D eigenvalue weighted by Crippen LogP contribution is -2.23. The van der Waals surface area contributed by atoms with E-state index in [0.717, 1.165) is 11.3 Å². The van der Waals surface area contributed by atoms with Gasteiger partial charge in [0.25, 0.3) is 5.91 Å². The molecule has 19 heavy (non-hydrogen) atoms. The van der Waals surface area contributed by atoms with Gasteiger partial charge < -0.3 is 5.32 Å². The number of nitrogens with one attached hydrogen (secondary N) is 1. The third kappa shape index (κ3) is 3.20. The van der Waals surface area contributed by atoms with E-state index in [2.05, 4.69) is 18.3 Å². The van der Waals surface area contributed by atoms with Crippen molar-refractivity contribution in [3.8, 4) is 0 Å². The molecule has 1 N–H and O–H groups in total. The fourth-order valence-corrected chi connectivity index (χ4v) is 2.69. The molecule has 0 radical (unpaired) electrons. The number of carbonyl (C=O) groups is 1. The van der Waals surface area contributed by atoms with E-state index >= 15 is 0 Å². The summed E-state index contributed by atoms with van der Waals surface area (Å²) in [5.41, 5.74) is 0.587. The number of aryl methyl sites for hydroxylation is 2. The number of hydrogen-bond donors (Lipinski definition) is 1. The summed E-state index contributed by atoms with van der Waals surface area (Å²) < 4.78 is 13.8. The Morgan fingerprint density at radius 1 is 1.26 bits per heavy atom. The quantitative estimate of drug-likeness (QED) is 0.907. The Kier molecular flexibility index (Phi) is 4.32. The van der Waals surface area contributed by atoms with E-state index in [4.69, 9.17) is 0 Å². The van der Waals surface area contributed by atoms with Crippen molar-refractivity contribution >= 4 is 17.2 Å². The second-order valence-electron chi connectivity index (χ2n) is 4.34. The minimum atomic E-state index is -0.444. The third-order valence-corrected chi connectivity index (χ3v) is 4.15. The van der Waals surface area contributed by atoms with Crippen LogP contribution in [0.5, 0.6) is 0 Å². The molecule has 2 nitrogen and oxygen atoms in total. The largest absolute Gasteiger partial charge is 0.347 e. The highest BCUT2D eigenvalue weighted by Crippen LogP contribution is 2.17. The molecule has 0 unspecified atom stereocenters. The molecular weight excluding hydrogens is 261 g/mol. The normalized spacial score (nSPS) is 10.5. The number of rotatable bonds is 4. The summed E-state index contributed by atoms with van der Waals surface area (Å²) in [6, 6.07) is 8.89. The first kappa shape index (κ1) is 13.7. The van der Waals surface area contributed by atoms with Gasteiger partial charge in [-0.2, -0.15) is 0 Å². The van der Waals surface area contributed by atoms with Crippen LogP contribution in [0.25, 0.3) is 0 Å². The monoisotopic (exact) mass is 277 g/mol. The minimum Gasteiger partial charge on any atom is -0.347 e. The van der Waals surface area contributed by atoms with E-state index < -0.39 is 5.82 Å². The highest BCUT2D eigenvalue weighted by molar-refractivity contribution is 7.11. The van der Waals surface area contributed by atoms with Gasteiger partial charge in [0, 0.05) is 9.75 Å². The highest BCUT2D eigenvalue weighted by Gasteiger charge is 2.12. The van der Waals surface area contributed by atoms with Crippen LogP contribution in [0.3, 0.4) is 0 Å². The van der Waals surface area contributed by atoms with Crippen LogP contribution in [0.2, 0.25) is 0 Å². The summed E-state index contributed by atoms with van der Waals surface area (Å²) in [6.45, 7) is 4.19. The summed E-state index contributed by atoms with van der Waals surface area (Å²) in [7, 11) is 0. The van der Waals surface area contributed by atoms with Gasteiger partial charge in [-0.05, 0) is 37.1 Å². The maximum atomic E-state index is 13.8. The standard InChI is InChI=1S/C15H16FNOS/c1-3-11-7-8-12(19-11)9-17-15(18)13-6-4-5-10(2)14(13)16/h4-8H,3,9H2,1-2H3,(H,17,18). The molecule has 1 aromatic carbocycles. The van der Waals surface area contributed by atoms with E-state index in [0.29, 0.717) is 12.1 Å². The van der Waals surface area contributed by atoms with E-state index in [1.54, 1.807) is 30.4 Å². The molecule has 0 aliphatic carbocycles. The fraction of sp³-hybridized carbons (Fsp3) is 0.267. The van der Waals surface area contributed by atoms with Crippen LogP contribution >= 0.6 is 11.3 Å². The van der Waals surface area contributed by atoms with Crippen molar-refractivity contribution in [1.29, 1.82) is 0 Å². The van der Waals surface area contributed by atoms with Gasteiger partial charge in [0.2, 0.25) is 0 Å². The number of carbonyl (C=O) groups excluding carboxylic acids is 1. The number of halogens is 1. The smallest absolute Gasteiger partial charge is 0.254 e. The van der Waals surface area contributed by atoms with Gasteiger partial charge in [0.1, 0.15) is 5.82 Å². The number of amides is 1. The first-order chi connectivity index (χ1) is 9.11. The van der Waals surface area contributed by atoms with Crippen LogP contribution in [0.4, 0.5) is 4.39 Å². The van der Waals surface area contributed by atoms with Crippen molar-refractivity contribution < 1.29 is 9.18 Å². The molecule has 0 aliphatic rings. The van der Waals surface area contributed by atoms with Crippen LogP contribution in [0.1, 0.15) is 32.6 Å². The molecule has 0 fully saturated rings.